The first kappa shape index (κ1) is 15.0. The van der Waals surface area contributed by atoms with E-state index in [1.807, 2.05) is 16.0 Å². The molecule has 0 aromatic carbocycles. The summed E-state index contributed by atoms with van der Waals surface area (Å²) in [7, 11) is 0. The summed E-state index contributed by atoms with van der Waals surface area (Å²) in [5, 5.41) is 1.88. The molecular weight excluding hydrogens is 336 g/mol. The molecule has 0 spiro atoms. The topological polar surface area (TPSA) is 59.6 Å². The van der Waals surface area contributed by atoms with Gasteiger partial charge in [-0.15, -0.1) is 11.3 Å². The van der Waals surface area contributed by atoms with Crippen molar-refractivity contribution in [2.45, 2.75) is 25.4 Å². The largest absolute Gasteiger partial charge is 0.312 e. The van der Waals surface area contributed by atoms with Crippen molar-refractivity contribution >= 4 is 16.3 Å². The minimum Gasteiger partial charge on any atom is -0.312 e. The van der Waals surface area contributed by atoms with Gasteiger partial charge in [-0.25, -0.2) is 4.98 Å². The molecule has 2 atom stereocenters. The van der Waals surface area contributed by atoms with Crippen LogP contribution >= 0.6 is 11.3 Å². The second-order valence-corrected chi connectivity index (χ2v) is 7.91. The van der Waals surface area contributed by atoms with Crippen molar-refractivity contribution < 1.29 is 0 Å². The highest BCUT2D eigenvalue weighted by Gasteiger charge is 2.34. The van der Waals surface area contributed by atoms with E-state index in [0.717, 1.165) is 42.4 Å². The molecule has 2 aliphatic heterocycles. The van der Waals surface area contributed by atoms with Crippen molar-refractivity contribution in [2.75, 3.05) is 13.1 Å². The Balaban J connectivity index is 1.43. The molecule has 0 N–H and O–H groups in total. The molecule has 2 bridgehead atoms. The molecule has 0 aliphatic carbocycles. The molecule has 128 valence electrons. The minimum absolute atomic E-state index is 0.0182. The van der Waals surface area contributed by atoms with E-state index in [-0.39, 0.29) is 11.1 Å². The Hall–Kier alpha value is -2.25. The Bertz CT molecular complexity index is 1070. The van der Waals surface area contributed by atoms with Gasteiger partial charge in [-0.05, 0) is 18.4 Å². The highest BCUT2D eigenvalue weighted by atomic mass is 32.1. The van der Waals surface area contributed by atoms with E-state index in [0.29, 0.717) is 18.4 Å². The SMILES string of the molecule is O=c1cccc2n1C[C@@H]1C[C@H]2CN(Cc2cc(=O)n3ccsc3n2)C1. The number of nitrogens with zero attached hydrogens (tertiary/aromatic N) is 4. The predicted octanol–water partition coefficient (Wildman–Crippen LogP) is 1.54. The number of pyridine rings is 1. The van der Waals surface area contributed by atoms with E-state index >= 15 is 0 Å². The summed E-state index contributed by atoms with van der Waals surface area (Å²) >= 11 is 1.48. The van der Waals surface area contributed by atoms with Gasteiger partial charge in [0.15, 0.2) is 4.96 Å². The maximum absolute atomic E-state index is 12.2. The number of fused-ring (bicyclic) bond motifs is 5. The molecule has 3 aromatic rings. The van der Waals surface area contributed by atoms with Crippen molar-refractivity contribution in [1.29, 1.82) is 0 Å². The van der Waals surface area contributed by atoms with Crippen molar-refractivity contribution in [1.82, 2.24) is 18.9 Å². The zero-order valence-corrected chi connectivity index (χ0v) is 14.5. The van der Waals surface area contributed by atoms with Crippen LogP contribution in [0.5, 0.6) is 0 Å². The molecule has 0 saturated carbocycles. The van der Waals surface area contributed by atoms with Gasteiger partial charge in [-0.3, -0.25) is 18.9 Å². The van der Waals surface area contributed by atoms with Crippen molar-refractivity contribution in [2.24, 2.45) is 5.92 Å². The first-order valence-corrected chi connectivity index (χ1v) is 9.43. The van der Waals surface area contributed by atoms with E-state index in [1.165, 1.54) is 11.3 Å². The van der Waals surface area contributed by atoms with Crippen molar-refractivity contribution in [3.63, 3.8) is 0 Å². The molecule has 5 heterocycles. The summed E-state index contributed by atoms with van der Waals surface area (Å²) in [6.07, 6.45) is 2.90. The molecular formula is C18H18N4O2S. The van der Waals surface area contributed by atoms with Gasteiger partial charge in [0, 0.05) is 61.5 Å². The van der Waals surface area contributed by atoms with Crippen LogP contribution in [0, 0.1) is 5.92 Å². The highest BCUT2D eigenvalue weighted by Crippen LogP contribution is 2.35. The third-order valence-electron chi connectivity index (χ3n) is 5.30. The van der Waals surface area contributed by atoms with Gasteiger partial charge in [0.25, 0.3) is 11.1 Å². The van der Waals surface area contributed by atoms with E-state index in [4.69, 9.17) is 0 Å². The molecule has 0 radical (unpaired) electrons. The number of hydrogen-bond acceptors (Lipinski definition) is 5. The zero-order chi connectivity index (χ0) is 17.0. The number of likely N-dealkylation sites (tertiary alicyclic amines) is 1. The van der Waals surface area contributed by atoms with Crippen LogP contribution in [0.4, 0.5) is 0 Å². The Labute approximate surface area is 148 Å². The van der Waals surface area contributed by atoms with E-state index < -0.39 is 0 Å². The van der Waals surface area contributed by atoms with E-state index in [9.17, 15) is 9.59 Å². The lowest BCUT2D eigenvalue weighted by Gasteiger charge is -2.42. The quantitative estimate of drug-likeness (QED) is 0.700. The van der Waals surface area contributed by atoms with E-state index in [1.54, 1.807) is 22.7 Å². The highest BCUT2D eigenvalue weighted by molar-refractivity contribution is 7.15. The fraction of sp³-hybridized carbons (Fsp3) is 0.389. The van der Waals surface area contributed by atoms with Crippen LogP contribution in [0.3, 0.4) is 0 Å². The molecule has 3 aromatic heterocycles. The Kier molecular flexibility index (Phi) is 3.39. The molecule has 1 fully saturated rings. The summed E-state index contributed by atoms with van der Waals surface area (Å²) < 4.78 is 3.53. The average molecular weight is 354 g/mol. The number of piperidine rings is 1. The Morgan fingerprint density at radius 2 is 2.08 bits per heavy atom. The Morgan fingerprint density at radius 3 is 3.00 bits per heavy atom. The van der Waals surface area contributed by atoms with Gasteiger partial charge in [0.1, 0.15) is 0 Å². The summed E-state index contributed by atoms with van der Waals surface area (Å²) in [5.74, 6) is 0.867. The number of rotatable bonds is 2. The predicted molar refractivity (Wildman–Crippen MR) is 96.2 cm³/mol. The van der Waals surface area contributed by atoms with Gasteiger partial charge < -0.3 is 4.57 Å². The first-order valence-electron chi connectivity index (χ1n) is 8.55. The maximum atomic E-state index is 12.2. The summed E-state index contributed by atoms with van der Waals surface area (Å²) in [4.78, 5) is 32.0. The van der Waals surface area contributed by atoms with Gasteiger partial charge in [0.2, 0.25) is 0 Å². The lowest BCUT2D eigenvalue weighted by molar-refractivity contribution is 0.113. The second kappa shape index (κ2) is 5.64. The molecule has 0 unspecified atom stereocenters. The van der Waals surface area contributed by atoms with Gasteiger partial charge in [-0.2, -0.15) is 0 Å². The smallest absolute Gasteiger partial charge is 0.258 e. The van der Waals surface area contributed by atoms with Crippen LogP contribution in [0.15, 0.2) is 45.4 Å². The Morgan fingerprint density at radius 1 is 1.16 bits per heavy atom. The summed E-state index contributed by atoms with van der Waals surface area (Å²) in [6.45, 7) is 3.34. The van der Waals surface area contributed by atoms with Crippen LogP contribution < -0.4 is 11.1 Å². The normalized spacial score (nSPS) is 22.9. The lowest BCUT2D eigenvalue weighted by atomic mass is 9.83. The summed E-state index contributed by atoms with van der Waals surface area (Å²) in [6, 6.07) is 7.23. The van der Waals surface area contributed by atoms with Crippen LogP contribution in [0.1, 0.15) is 23.7 Å². The van der Waals surface area contributed by atoms with E-state index in [2.05, 4.69) is 16.0 Å². The monoisotopic (exact) mass is 354 g/mol. The zero-order valence-electron chi connectivity index (χ0n) is 13.7. The molecule has 25 heavy (non-hydrogen) atoms. The molecule has 5 rings (SSSR count). The first-order chi connectivity index (χ1) is 12.2. The average Bonchev–Trinajstić information content (AvgIpc) is 3.05. The fourth-order valence-corrected chi connectivity index (χ4v) is 5.06. The van der Waals surface area contributed by atoms with Gasteiger partial charge in [-0.1, -0.05) is 6.07 Å². The standard InChI is InChI=1S/C18H18N4O2S/c23-16-3-1-2-15-13-6-12(9-22(15)16)8-20(10-13)11-14-7-17(24)21-4-5-25-18(21)19-14/h1-5,7,12-13H,6,8-11H2/t12-,13+/m1/s1. The molecule has 1 saturated heterocycles. The van der Waals surface area contributed by atoms with Crippen LogP contribution in [-0.2, 0) is 13.1 Å². The number of aromatic nitrogens is 3. The fourth-order valence-electron chi connectivity index (χ4n) is 4.32. The van der Waals surface area contributed by atoms with Crippen molar-refractivity contribution in [3.05, 3.63) is 67.9 Å². The third kappa shape index (κ3) is 2.54. The molecule has 0 amide bonds. The van der Waals surface area contributed by atoms with Crippen LogP contribution in [0.2, 0.25) is 0 Å². The molecule has 7 heteroatoms. The van der Waals surface area contributed by atoms with Crippen LogP contribution in [0.25, 0.3) is 4.96 Å². The third-order valence-corrected chi connectivity index (χ3v) is 6.05. The second-order valence-electron chi connectivity index (χ2n) is 7.03. The van der Waals surface area contributed by atoms with Crippen molar-refractivity contribution in [3.8, 4) is 0 Å². The number of hydrogen-bond donors (Lipinski definition) is 0. The van der Waals surface area contributed by atoms with Gasteiger partial charge in [0.05, 0.1) is 5.69 Å². The van der Waals surface area contributed by atoms with Crippen LogP contribution in [-0.4, -0.2) is 31.9 Å². The lowest BCUT2D eigenvalue weighted by Crippen LogP contribution is -2.46. The molecule has 6 nitrogen and oxygen atoms in total. The minimum atomic E-state index is -0.0182. The maximum Gasteiger partial charge on any atom is 0.258 e. The number of thiazole rings is 1. The molecule has 2 aliphatic rings. The summed E-state index contributed by atoms with van der Waals surface area (Å²) in [5.41, 5.74) is 2.07. The van der Waals surface area contributed by atoms with Gasteiger partial charge >= 0.3 is 0 Å².